The number of rotatable bonds is 5. The van der Waals surface area contributed by atoms with Gasteiger partial charge in [-0.15, -0.1) is 0 Å². The van der Waals surface area contributed by atoms with Crippen LogP contribution in [0.5, 0.6) is 0 Å². The Morgan fingerprint density at radius 2 is 2.29 bits per heavy atom. The van der Waals surface area contributed by atoms with Crippen molar-refractivity contribution in [1.82, 2.24) is 10.3 Å². The van der Waals surface area contributed by atoms with Crippen LogP contribution in [0.1, 0.15) is 29.8 Å². The summed E-state index contributed by atoms with van der Waals surface area (Å²) in [5.41, 5.74) is 0.474. The smallest absolute Gasteiger partial charge is 0.269 e. The van der Waals surface area contributed by atoms with Gasteiger partial charge in [0.2, 0.25) is 0 Å². The van der Waals surface area contributed by atoms with Crippen LogP contribution in [0, 0.1) is 6.92 Å². The van der Waals surface area contributed by atoms with Gasteiger partial charge in [0.25, 0.3) is 5.91 Å². The molecule has 0 bridgehead atoms. The number of hydrogen-bond acceptors (Lipinski definition) is 2. The normalized spacial score (nSPS) is 9.79. The highest BCUT2D eigenvalue weighted by Gasteiger charge is 2.03. The van der Waals surface area contributed by atoms with Crippen molar-refractivity contribution < 1.29 is 4.79 Å². The van der Waals surface area contributed by atoms with Crippen LogP contribution in [0.3, 0.4) is 0 Å². The molecule has 0 atom stereocenters. The molecule has 0 saturated carbocycles. The Morgan fingerprint density at radius 1 is 1.43 bits per heavy atom. The monoisotopic (exact) mass is 191 g/mol. The van der Waals surface area contributed by atoms with Gasteiger partial charge in [-0.3, -0.25) is 9.78 Å². The Labute approximate surface area is 84.6 Å². The first-order chi connectivity index (χ1) is 6.84. The minimum absolute atomic E-state index is 0.102. The fourth-order valence-corrected chi connectivity index (χ4v) is 1.09. The van der Waals surface area contributed by atoms with Crippen LogP contribution in [0.2, 0.25) is 0 Å². The lowest BCUT2D eigenvalue weighted by Crippen LogP contribution is -2.25. The molecule has 0 aliphatic heterocycles. The van der Waals surface area contributed by atoms with Gasteiger partial charge in [-0.1, -0.05) is 25.8 Å². The van der Waals surface area contributed by atoms with Gasteiger partial charge in [0.1, 0.15) is 5.69 Å². The summed E-state index contributed by atoms with van der Waals surface area (Å²) in [4.78, 5) is 15.4. The van der Waals surface area contributed by atoms with E-state index in [0.29, 0.717) is 12.2 Å². The molecule has 0 spiro atoms. The Kier molecular flexibility index (Phi) is 4.69. The second kappa shape index (κ2) is 6.13. The molecule has 0 unspecified atom stereocenters. The van der Waals surface area contributed by atoms with E-state index in [1.54, 1.807) is 24.4 Å². The van der Waals surface area contributed by atoms with Crippen LogP contribution in [0.15, 0.2) is 24.4 Å². The number of pyridine rings is 1. The lowest BCUT2D eigenvalue weighted by Gasteiger charge is -2.02. The number of carbonyl (C=O) groups is 1. The molecule has 3 heteroatoms. The molecule has 0 fully saturated rings. The summed E-state index contributed by atoms with van der Waals surface area (Å²) in [5.74, 6) is -0.102. The van der Waals surface area contributed by atoms with Crippen molar-refractivity contribution in [1.29, 1.82) is 0 Å². The minimum atomic E-state index is -0.102. The van der Waals surface area contributed by atoms with E-state index < -0.39 is 0 Å². The predicted octanol–water partition coefficient (Wildman–Crippen LogP) is 1.82. The molecule has 1 aromatic heterocycles. The summed E-state index contributed by atoms with van der Waals surface area (Å²) in [5, 5.41) is 2.80. The zero-order valence-corrected chi connectivity index (χ0v) is 8.20. The molecular formula is C11H15N2O. The average molecular weight is 191 g/mol. The van der Waals surface area contributed by atoms with Crippen LogP contribution >= 0.6 is 0 Å². The predicted molar refractivity (Wildman–Crippen MR) is 55.8 cm³/mol. The fraction of sp³-hybridized carbons (Fsp3) is 0.364. The largest absolute Gasteiger partial charge is 0.351 e. The van der Waals surface area contributed by atoms with E-state index in [1.807, 2.05) is 0 Å². The van der Waals surface area contributed by atoms with Crippen molar-refractivity contribution >= 4 is 5.91 Å². The summed E-state index contributed by atoms with van der Waals surface area (Å²) in [7, 11) is 0. The molecule has 1 N–H and O–H groups in total. The Balaban J connectivity index is 2.29. The maximum Gasteiger partial charge on any atom is 0.269 e. The zero-order chi connectivity index (χ0) is 10.2. The molecule has 1 aromatic rings. The van der Waals surface area contributed by atoms with Gasteiger partial charge in [-0.05, 0) is 18.6 Å². The molecule has 1 amide bonds. The van der Waals surface area contributed by atoms with Gasteiger partial charge < -0.3 is 5.32 Å². The van der Waals surface area contributed by atoms with Crippen molar-refractivity contribution in [3.8, 4) is 0 Å². The number of unbranched alkanes of at least 4 members (excludes halogenated alkanes) is 2. The number of amides is 1. The highest BCUT2D eigenvalue weighted by molar-refractivity contribution is 5.92. The van der Waals surface area contributed by atoms with Crippen molar-refractivity contribution in [2.24, 2.45) is 0 Å². The van der Waals surface area contributed by atoms with E-state index in [-0.39, 0.29) is 5.91 Å². The Morgan fingerprint density at radius 3 is 2.93 bits per heavy atom. The first kappa shape index (κ1) is 10.7. The van der Waals surface area contributed by atoms with Crippen LogP contribution in [-0.2, 0) is 0 Å². The summed E-state index contributed by atoms with van der Waals surface area (Å²) < 4.78 is 0. The fourth-order valence-electron chi connectivity index (χ4n) is 1.09. The molecule has 1 heterocycles. The van der Waals surface area contributed by atoms with Gasteiger partial charge in [0.05, 0.1) is 0 Å². The molecule has 1 rings (SSSR count). The van der Waals surface area contributed by atoms with Gasteiger partial charge in [0, 0.05) is 12.7 Å². The molecule has 1 radical (unpaired) electrons. The summed E-state index contributed by atoms with van der Waals surface area (Å²) in [6, 6.07) is 5.30. The number of hydrogen-bond donors (Lipinski definition) is 1. The zero-order valence-electron chi connectivity index (χ0n) is 8.20. The third-order valence-corrected chi connectivity index (χ3v) is 1.86. The van der Waals surface area contributed by atoms with E-state index in [9.17, 15) is 4.79 Å². The Bertz CT molecular complexity index is 272. The van der Waals surface area contributed by atoms with Crippen LogP contribution < -0.4 is 5.32 Å². The number of carbonyl (C=O) groups excluding carboxylic acids is 1. The third kappa shape index (κ3) is 3.56. The molecule has 0 saturated heterocycles. The highest BCUT2D eigenvalue weighted by Crippen LogP contribution is 1.94. The van der Waals surface area contributed by atoms with Crippen LogP contribution in [-0.4, -0.2) is 17.4 Å². The van der Waals surface area contributed by atoms with Crippen LogP contribution in [0.25, 0.3) is 0 Å². The second-order valence-electron chi connectivity index (χ2n) is 3.03. The molecule has 0 aliphatic rings. The molecule has 3 nitrogen and oxygen atoms in total. The lowest BCUT2D eigenvalue weighted by molar-refractivity contribution is 0.0948. The molecule has 0 aliphatic carbocycles. The number of nitrogens with one attached hydrogen (secondary N) is 1. The lowest BCUT2D eigenvalue weighted by atomic mass is 10.2. The van der Waals surface area contributed by atoms with E-state index in [0.717, 1.165) is 19.3 Å². The molecule has 75 valence electrons. The summed E-state index contributed by atoms with van der Waals surface area (Å²) in [6.45, 7) is 4.43. The second-order valence-corrected chi connectivity index (χ2v) is 3.03. The van der Waals surface area contributed by atoms with E-state index >= 15 is 0 Å². The van der Waals surface area contributed by atoms with Crippen LogP contribution in [0.4, 0.5) is 0 Å². The van der Waals surface area contributed by atoms with Crippen molar-refractivity contribution in [2.45, 2.75) is 19.3 Å². The van der Waals surface area contributed by atoms with E-state index in [2.05, 4.69) is 17.2 Å². The van der Waals surface area contributed by atoms with Crippen molar-refractivity contribution in [2.75, 3.05) is 6.54 Å². The highest BCUT2D eigenvalue weighted by atomic mass is 16.1. The number of aromatic nitrogens is 1. The van der Waals surface area contributed by atoms with E-state index in [1.165, 1.54) is 0 Å². The third-order valence-electron chi connectivity index (χ3n) is 1.86. The SMILES string of the molecule is [CH2]CCCCNC(=O)c1ccccn1. The van der Waals surface area contributed by atoms with Crippen molar-refractivity contribution in [3.05, 3.63) is 37.0 Å². The van der Waals surface area contributed by atoms with Gasteiger partial charge in [-0.25, -0.2) is 0 Å². The molecule has 0 aromatic carbocycles. The first-order valence-corrected chi connectivity index (χ1v) is 4.83. The maximum absolute atomic E-state index is 11.4. The first-order valence-electron chi connectivity index (χ1n) is 4.83. The van der Waals surface area contributed by atoms with Gasteiger partial charge in [0.15, 0.2) is 0 Å². The summed E-state index contributed by atoms with van der Waals surface area (Å²) in [6.07, 6.45) is 4.55. The van der Waals surface area contributed by atoms with Gasteiger partial charge >= 0.3 is 0 Å². The molecular weight excluding hydrogens is 176 g/mol. The number of nitrogens with zero attached hydrogens (tertiary/aromatic N) is 1. The standard InChI is InChI=1S/C11H15N2O/c1-2-3-5-9-13-11(14)10-7-4-6-8-12-10/h4,6-8H,1-3,5,9H2,(H,13,14). The average Bonchev–Trinajstić information content (AvgIpc) is 2.25. The van der Waals surface area contributed by atoms with Crippen molar-refractivity contribution in [3.63, 3.8) is 0 Å². The minimum Gasteiger partial charge on any atom is -0.351 e. The topological polar surface area (TPSA) is 42.0 Å². The quantitative estimate of drug-likeness (QED) is 0.721. The molecule has 14 heavy (non-hydrogen) atoms. The Hall–Kier alpha value is -1.38. The van der Waals surface area contributed by atoms with Gasteiger partial charge in [-0.2, -0.15) is 0 Å². The summed E-state index contributed by atoms with van der Waals surface area (Å²) >= 11 is 0. The maximum atomic E-state index is 11.4. The van der Waals surface area contributed by atoms with E-state index in [4.69, 9.17) is 0 Å².